The number of rotatable bonds is 3. The molecule has 2 rings (SSSR count). The zero-order valence-electron chi connectivity index (χ0n) is 11.6. The van der Waals surface area contributed by atoms with E-state index in [1.54, 1.807) is 0 Å². The number of carbonyl (C=O) groups is 1. The highest BCUT2D eigenvalue weighted by Gasteiger charge is 2.30. The van der Waals surface area contributed by atoms with Crippen molar-refractivity contribution in [2.24, 2.45) is 5.10 Å². The highest BCUT2D eigenvalue weighted by molar-refractivity contribution is 6.00. The van der Waals surface area contributed by atoms with Gasteiger partial charge in [0.15, 0.2) is 0 Å². The topological polar surface area (TPSA) is 54.4 Å². The third-order valence-electron chi connectivity index (χ3n) is 2.88. The first-order valence-electron chi connectivity index (χ1n) is 6.30. The maximum absolute atomic E-state index is 12.7. The van der Waals surface area contributed by atoms with E-state index in [4.69, 9.17) is 0 Å². The van der Waals surface area contributed by atoms with Crippen LogP contribution in [0.3, 0.4) is 0 Å². The summed E-state index contributed by atoms with van der Waals surface area (Å²) in [6.45, 7) is 1.52. The van der Waals surface area contributed by atoms with Gasteiger partial charge in [-0.15, -0.1) is 0 Å². The summed E-state index contributed by atoms with van der Waals surface area (Å²) in [4.78, 5) is 15.6. The fourth-order valence-corrected chi connectivity index (χ4v) is 1.69. The zero-order chi connectivity index (χ0) is 16.2. The van der Waals surface area contributed by atoms with Gasteiger partial charge in [-0.2, -0.15) is 18.3 Å². The maximum atomic E-state index is 12.7. The van der Waals surface area contributed by atoms with E-state index in [0.717, 1.165) is 12.1 Å². The highest BCUT2D eigenvalue weighted by Crippen LogP contribution is 2.29. The van der Waals surface area contributed by atoms with Crippen molar-refractivity contribution in [2.45, 2.75) is 13.1 Å². The molecule has 0 aliphatic rings. The molecule has 0 saturated carbocycles. The molecular weight excluding hydrogens is 295 g/mol. The molecule has 4 nitrogen and oxygen atoms in total. The van der Waals surface area contributed by atoms with Crippen molar-refractivity contribution in [3.8, 4) is 0 Å². The highest BCUT2D eigenvalue weighted by atomic mass is 19.4. The number of carbonyl (C=O) groups excluding carboxylic acids is 1. The molecular formula is C15H12F3N3O. The van der Waals surface area contributed by atoms with Gasteiger partial charge in [0.1, 0.15) is 0 Å². The van der Waals surface area contributed by atoms with Crippen LogP contribution in [0.5, 0.6) is 0 Å². The van der Waals surface area contributed by atoms with Gasteiger partial charge in [0, 0.05) is 18.0 Å². The van der Waals surface area contributed by atoms with Gasteiger partial charge < -0.3 is 0 Å². The lowest BCUT2D eigenvalue weighted by Gasteiger charge is -2.08. The summed E-state index contributed by atoms with van der Waals surface area (Å²) in [5, 5.41) is 3.82. The Kier molecular flexibility index (Phi) is 4.55. The number of benzene rings is 1. The molecule has 0 aliphatic heterocycles. The van der Waals surface area contributed by atoms with Crippen LogP contribution in [0.2, 0.25) is 0 Å². The van der Waals surface area contributed by atoms with Crippen molar-refractivity contribution in [1.29, 1.82) is 0 Å². The average Bonchev–Trinajstić information content (AvgIpc) is 2.52. The first kappa shape index (κ1) is 15.7. The molecule has 2 aromatic rings. The molecule has 1 N–H and O–H groups in total. The molecule has 22 heavy (non-hydrogen) atoms. The molecule has 0 fully saturated rings. The molecule has 7 heteroatoms. The van der Waals surface area contributed by atoms with Crippen molar-refractivity contribution in [2.75, 3.05) is 0 Å². The molecule has 1 amide bonds. The molecule has 1 heterocycles. The summed E-state index contributed by atoms with van der Waals surface area (Å²) in [5.74, 6) is -0.464. The number of amides is 1. The van der Waals surface area contributed by atoms with Crippen molar-refractivity contribution in [3.05, 3.63) is 65.5 Å². The summed E-state index contributed by atoms with van der Waals surface area (Å²) in [7, 11) is 0. The van der Waals surface area contributed by atoms with Crippen molar-refractivity contribution in [1.82, 2.24) is 10.4 Å². The number of alkyl halides is 3. The van der Waals surface area contributed by atoms with E-state index < -0.39 is 17.6 Å². The van der Waals surface area contributed by atoms with Gasteiger partial charge in [-0.05, 0) is 36.8 Å². The standard InChI is InChI=1S/C15H12F3N3O/c1-10(12-3-2-4-13(9-12)15(16,17)18)20-21-14(22)11-5-7-19-8-6-11/h2-9H,1H3,(H,21,22)/b20-10+. The monoisotopic (exact) mass is 307 g/mol. The summed E-state index contributed by atoms with van der Waals surface area (Å²) in [5.41, 5.74) is 2.44. The van der Waals surface area contributed by atoms with E-state index in [1.165, 1.54) is 43.6 Å². The Morgan fingerprint density at radius 1 is 1.14 bits per heavy atom. The lowest BCUT2D eigenvalue weighted by Crippen LogP contribution is -2.19. The van der Waals surface area contributed by atoms with Crippen molar-refractivity contribution >= 4 is 11.6 Å². The second-order valence-corrected chi connectivity index (χ2v) is 4.45. The van der Waals surface area contributed by atoms with E-state index in [2.05, 4.69) is 15.5 Å². The van der Waals surface area contributed by atoms with Crippen LogP contribution in [0.1, 0.15) is 28.4 Å². The summed E-state index contributed by atoms with van der Waals surface area (Å²) < 4.78 is 38.0. The first-order valence-corrected chi connectivity index (χ1v) is 6.30. The molecule has 0 bridgehead atoms. The quantitative estimate of drug-likeness (QED) is 0.699. The Labute approximate surface area is 124 Å². The minimum atomic E-state index is -4.42. The van der Waals surface area contributed by atoms with Crippen molar-refractivity contribution in [3.63, 3.8) is 0 Å². The first-order chi connectivity index (χ1) is 10.4. The number of hydrogen-bond acceptors (Lipinski definition) is 3. The molecule has 114 valence electrons. The van der Waals surface area contributed by atoms with Gasteiger partial charge in [-0.3, -0.25) is 9.78 Å². The molecule has 0 unspecified atom stereocenters. The second-order valence-electron chi connectivity index (χ2n) is 4.45. The minimum absolute atomic E-state index is 0.272. The molecule has 1 aromatic heterocycles. The Morgan fingerprint density at radius 3 is 2.45 bits per heavy atom. The largest absolute Gasteiger partial charge is 0.416 e. The molecule has 0 spiro atoms. The van der Waals surface area contributed by atoms with Gasteiger partial charge in [0.25, 0.3) is 5.91 Å². The Bertz CT molecular complexity index is 697. The lowest BCUT2D eigenvalue weighted by atomic mass is 10.1. The van der Waals surface area contributed by atoms with E-state index in [0.29, 0.717) is 5.56 Å². The van der Waals surface area contributed by atoms with Crippen LogP contribution in [0, 0.1) is 0 Å². The van der Waals surface area contributed by atoms with Crippen LogP contribution in [0.4, 0.5) is 13.2 Å². The normalized spacial score (nSPS) is 12.1. The number of hydrogen-bond donors (Lipinski definition) is 1. The summed E-state index contributed by atoms with van der Waals surface area (Å²) in [6.07, 6.45) is -1.51. The third-order valence-corrected chi connectivity index (χ3v) is 2.88. The van der Waals surface area contributed by atoms with Gasteiger partial charge >= 0.3 is 6.18 Å². The smallest absolute Gasteiger partial charge is 0.267 e. The van der Waals surface area contributed by atoms with E-state index in [-0.39, 0.29) is 11.3 Å². The Balaban J connectivity index is 2.14. The van der Waals surface area contributed by atoms with Gasteiger partial charge in [-0.25, -0.2) is 5.43 Å². The van der Waals surface area contributed by atoms with Gasteiger partial charge in [0.2, 0.25) is 0 Å². The number of hydrazone groups is 1. The summed E-state index contributed by atoms with van der Waals surface area (Å²) in [6, 6.07) is 7.76. The Hall–Kier alpha value is -2.70. The summed E-state index contributed by atoms with van der Waals surface area (Å²) >= 11 is 0. The van der Waals surface area contributed by atoms with Crippen LogP contribution in [-0.2, 0) is 6.18 Å². The molecule has 0 atom stereocenters. The molecule has 0 aliphatic carbocycles. The fraction of sp³-hybridized carbons (Fsp3) is 0.133. The molecule has 1 aromatic carbocycles. The number of halogens is 3. The number of nitrogens with one attached hydrogen (secondary N) is 1. The van der Waals surface area contributed by atoms with Crippen LogP contribution in [0.15, 0.2) is 53.9 Å². The predicted molar refractivity (Wildman–Crippen MR) is 75.4 cm³/mol. The van der Waals surface area contributed by atoms with E-state index in [1.807, 2.05) is 0 Å². The van der Waals surface area contributed by atoms with E-state index >= 15 is 0 Å². The average molecular weight is 307 g/mol. The van der Waals surface area contributed by atoms with Gasteiger partial charge in [-0.1, -0.05) is 12.1 Å². The molecule has 0 radical (unpaired) electrons. The zero-order valence-corrected chi connectivity index (χ0v) is 11.6. The van der Waals surface area contributed by atoms with E-state index in [9.17, 15) is 18.0 Å². The number of pyridine rings is 1. The van der Waals surface area contributed by atoms with Crippen LogP contribution in [-0.4, -0.2) is 16.6 Å². The fourth-order valence-electron chi connectivity index (χ4n) is 1.69. The lowest BCUT2D eigenvalue weighted by molar-refractivity contribution is -0.137. The predicted octanol–water partition coefficient (Wildman–Crippen LogP) is 3.25. The number of aromatic nitrogens is 1. The Morgan fingerprint density at radius 2 is 1.82 bits per heavy atom. The van der Waals surface area contributed by atoms with Gasteiger partial charge in [0.05, 0.1) is 11.3 Å². The minimum Gasteiger partial charge on any atom is -0.267 e. The number of nitrogens with zero attached hydrogens (tertiary/aromatic N) is 2. The second kappa shape index (κ2) is 6.38. The van der Waals surface area contributed by atoms with Crippen LogP contribution < -0.4 is 5.43 Å². The van der Waals surface area contributed by atoms with Crippen LogP contribution in [0.25, 0.3) is 0 Å². The van der Waals surface area contributed by atoms with Crippen molar-refractivity contribution < 1.29 is 18.0 Å². The third kappa shape index (κ3) is 3.91. The maximum Gasteiger partial charge on any atom is 0.416 e. The van der Waals surface area contributed by atoms with Crippen LogP contribution >= 0.6 is 0 Å². The SMILES string of the molecule is C/C(=N\NC(=O)c1ccncc1)c1cccc(C(F)(F)F)c1. The molecule has 0 saturated heterocycles.